The van der Waals surface area contributed by atoms with Crippen molar-refractivity contribution in [3.05, 3.63) is 15.9 Å². The molecule has 1 amide bonds. The quantitative estimate of drug-likeness (QED) is 0.875. The molecule has 1 saturated heterocycles. The maximum Gasteiger partial charge on any atom is 0.220 e. The molecular weight excluding hydrogens is 296 g/mol. The largest absolute Gasteiger partial charge is 0.355 e. The first-order chi connectivity index (χ1) is 8.61. The summed E-state index contributed by atoms with van der Waals surface area (Å²) in [4.78, 5) is 11.1. The molecule has 100 valence electrons. The third kappa shape index (κ3) is 2.92. The first-order valence-corrected chi connectivity index (χ1v) is 7.11. The summed E-state index contributed by atoms with van der Waals surface area (Å²) in [5, 5.41) is 10.8. The Morgan fingerprint density at radius 3 is 2.94 bits per heavy atom. The Hall–Kier alpha value is -0.880. The van der Waals surface area contributed by atoms with E-state index in [1.165, 1.54) is 0 Å². The lowest BCUT2D eigenvalue weighted by Crippen LogP contribution is -2.45. The summed E-state index contributed by atoms with van der Waals surface area (Å²) in [6.45, 7) is 3.58. The van der Waals surface area contributed by atoms with Crippen LogP contribution < -0.4 is 10.6 Å². The van der Waals surface area contributed by atoms with Crippen LogP contribution in [0, 0.1) is 0 Å². The maximum atomic E-state index is 11.1. The first kappa shape index (κ1) is 13.5. The zero-order chi connectivity index (χ0) is 13.1. The van der Waals surface area contributed by atoms with Gasteiger partial charge >= 0.3 is 0 Å². The Bertz CT molecular complexity index is 434. The van der Waals surface area contributed by atoms with Crippen LogP contribution in [0.25, 0.3) is 0 Å². The smallest absolute Gasteiger partial charge is 0.220 e. The van der Waals surface area contributed by atoms with Crippen molar-refractivity contribution in [1.29, 1.82) is 0 Å². The van der Waals surface area contributed by atoms with E-state index in [1.54, 1.807) is 0 Å². The maximum absolute atomic E-state index is 11.1. The zero-order valence-corrected chi connectivity index (χ0v) is 12.4. The van der Waals surface area contributed by atoms with E-state index in [2.05, 4.69) is 38.6 Å². The van der Waals surface area contributed by atoms with Gasteiger partial charge in [0.15, 0.2) is 0 Å². The van der Waals surface area contributed by atoms with E-state index in [1.807, 2.05) is 11.7 Å². The highest BCUT2D eigenvalue weighted by Gasteiger charge is 2.19. The van der Waals surface area contributed by atoms with Gasteiger partial charge < -0.3 is 10.6 Å². The van der Waals surface area contributed by atoms with Crippen LogP contribution in [0.1, 0.15) is 31.2 Å². The minimum atomic E-state index is 0.156. The van der Waals surface area contributed by atoms with Crippen LogP contribution in [-0.2, 0) is 24.8 Å². The number of hydrogen-bond acceptors (Lipinski definition) is 3. The SMILES string of the molecule is CCc1nn(C)c(CNC2CCC(=O)NC2)c1Br. The number of aryl methyl sites for hydroxylation is 2. The monoisotopic (exact) mass is 314 g/mol. The lowest BCUT2D eigenvalue weighted by Gasteiger charge is -2.23. The molecule has 5 nitrogen and oxygen atoms in total. The van der Waals surface area contributed by atoms with Crippen molar-refractivity contribution in [2.45, 2.75) is 38.8 Å². The average Bonchev–Trinajstić information content (AvgIpc) is 2.64. The molecular formula is C12H19BrN4O. The number of rotatable bonds is 4. The number of amides is 1. The summed E-state index contributed by atoms with van der Waals surface area (Å²) in [5.41, 5.74) is 2.25. The lowest BCUT2D eigenvalue weighted by molar-refractivity contribution is -0.122. The summed E-state index contributed by atoms with van der Waals surface area (Å²) in [5.74, 6) is 0.156. The molecule has 0 radical (unpaired) electrons. The fourth-order valence-corrected chi connectivity index (χ4v) is 2.92. The van der Waals surface area contributed by atoms with Crippen LogP contribution in [-0.4, -0.2) is 28.3 Å². The van der Waals surface area contributed by atoms with Crippen molar-refractivity contribution in [2.75, 3.05) is 6.54 Å². The Balaban J connectivity index is 1.94. The van der Waals surface area contributed by atoms with E-state index in [-0.39, 0.29) is 5.91 Å². The fraction of sp³-hybridized carbons (Fsp3) is 0.667. The molecule has 1 aromatic heterocycles. The molecule has 1 atom stereocenters. The lowest BCUT2D eigenvalue weighted by atomic mass is 10.1. The minimum Gasteiger partial charge on any atom is -0.355 e. The van der Waals surface area contributed by atoms with E-state index >= 15 is 0 Å². The van der Waals surface area contributed by atoms with Crippen molar-refractivity contribution >= 4 is 21.8 Å². The highest BCUT2D eigenvalue weighted by atomic mass is 79.9. The second-order valence-electron chi connectivity index (χ2n) is 4.61. The molecule has 18 heavy (non-hydrogen) atoms. The third-order valence-corrected chi connectivity index (χ3v) is 4.24. The van der Waals surface area contributed by atoms with E-state index in [9.17, 15) is 4.79 Å². The molecule has 0 bridgehead atoms. The molecule has 1 fully saturated rings. The molecule has 1 aliphatic rings. The Labute approximate surface area is 115 Å². The van der Waals surface area contributed by atoms with Gasteiger partial charge in [0.1, 0.15) is 0 Å². The van der Waals surface area contributed by atoms with Crippen molar-refractivity contribution in [3.63, 3.8) is 0 Å². The Kier molecular flexibility index (Phi) is 4.40. The van der Waals surface area contributed by atoms with Crippen LogP contribution in [0.15, 0.2) is 4.47 Å². The molecule has 0 aliphatic carbocycles. The number of carbonyl (C=O) groups excluding carboxylic acids is 1. The third-order valence-electron chi connectivity index (χ3n) is 3.33. The standard InChI is InChI=1S/C12H19BrN4O/c1-3-9-12(13)10(17(2)16-9)7-14-8-4-5-11(18)15-6-8/h8,14H,3-7H2,1-2H3,(H,15,18). The minimum absolute atomic E-state index is 0.156. The molecule has 1 aromatic rings. The fourth-order valence-electron chi connectivity index (χ4n) is 2.16. The van der Waals surface area contributed by atoms with Gasteiger partial charge in [-0.25, -0.2) is 0 Å². The molecule has 1 aliphatic heterocycles. The summed E-state index contributed by atoms with van der Waals surface area (Å²) in [7, 11) is 1.96. The van der Waals surface area contributed by atoms with Crippen molar-refractivity contribution in [3.8, 4) is 0 Å². The van der Waals surface area contributed by atoms with Gasteiger partial charge in [-0.05, 0) is 28.8 Å². The molecule has 2 N–H and O–H groups in total. The van der Waals surface area contributed by atoms with Crippen LogP contribution in [0.3, 0.4) is 0 Å². The van der Waals surface area contributed by atoms with Gasteiger partial charge in [0.05, 0.1) is 15.9 Å². The van der Waals surface area contributed by atoms with Gasteiger partial charge in [-0.3, -0.25) is 9.48 Å². The van der Waals surface area contributed by atoms with Crippen molar-refractivity contribution in [2.24, 2.45) is 7.05 Å². The highest BCUT2D eigenvalue weighted by molar-refractivity contribution is 9.10. The summed E-state index contributed by atoms with van der Waals surface area (Å²) in [6, 6.07) is 0.356. The number of halogens is 1. The van der Waals surface area contributed by atoms with Crippen LogP contribution in [0.2, 0.25) is 0 Å². The normalized spacial score (nSPS) is 19.9. The zero-order valence-electron chi connectivity index (χ0n) is 10.8. The topological polar surface area (TPSA) is 59.0 Å². The van der Waals surface area contributed by atoms with E-state index < -0.39 is 0 Å². The van der Waals surface area contributed by atoms with Gasteiger partial charge in [0.2, 0.25) is 5.91 Å². The summed E-state index contributed by atoms with van der Waals surface area (Å²) in [6.07, 6.45) is 2.44. The van der Waals surface area contributed by atoms with E-state index in [0.717, 1.165) is 41.8 Å². The Morgan fingerprint density at radius 1 is 1.61 bits per heavy atom. The highest BCUT2D eigenvalue weighted by Crippen LogP contribution is 2.21. The predicted molar refractivity (Wildman–Crippen MR) is 73.2 cm³/mol. The van der Waals surface area contributed by atoms with Crippen molar-refractivity contribution < 1.29 is 4.79 Å². The first-order valence-electron chi connectivity index (χ1n) is 6.32. The number of nitrogens with zero attached hydrogens (tertiary/aromatic N) is 2. The number of aromatic nitrogens is 2. The van der Waals surface area contributed by atoms with Gasteiger partial charge in [-0.1, -0.05) is 6.92 Å². The van der Waals surface area contributed by atoms with Gasteiger partial charge in [-0.2, -0.15) is 5.10 Å². The second-order valence-corrected chi connectivity index (χ2v) is 5.40. The van der Waals surface area contributed by atoms with Gasteiger partial charge in [0.25, 0.3) is 0 Å². The van der Waals surface area contributed by atoms with Crippen LogP contribution in [0.5, 0.6) is 0 Å². The predicted octanol–water partition coefficient (Wildman–Crippen LogP) is 1.11. The molecule has 2 heterocycles. The molecule has 2 rings (SSSR count). The number of carbonyl (C=O) groups is 1. The molecule has 6 heteroatoms. The van der Waals surface area contributed by atoms with Crippen molar-refractivity contribution in [1.82, 2.24) is 20.4 Å². The van der Waals surface area contributed by atoms with E-state index in [4.69, 9.17) is 0 Å². The summed E-state index contributed by atoms with van der Waals surface area (Å²) >= 11 is 3.60. The second kappa shape index (κ2) is 5.84. The number of nitrogens with one attached hydrogen (secondary N) is 2. The van der Waals surface area contributed by atoms with Gasteiger partial charge in [0, 0.05) is 32.6 Å². The molecule has 0 spiro atoms. The van der Waals surface area contributed by atoms with E-state index in [0.29, 0.717) is 12.5 Å². The summed E-state index contributed by atoms with van der Waals surface area (Å²) < 4.78 is 3.01. The molecule has 1 unspecified atom stereocenters. The molecule has 0 aromatic carbocycles. The number of piperidine rings is 1. The average molecular weight is 315 g/mol. The van der Waals surface area contributed by atoms with Crippen LogP contribution in [0.4, 0.5) is 0 Å². The van der Waals surface area contributed by atoms with Crippen LogP contribution >= 0.6 is 15.9 Å². The van der Waals surface area contributed by atoms with Gasteiger partial charge in [-0.15, -0.1) is 0 Å². The Morgan fingerprint density at radius 2 is 2.39 bits per heavy atom. The molecule has 0 saturated carbocycles. The number of hydrogen-bond donors (Lipinski definition) is 2.